The highest BCUT2D eigenvalue weighted by Gasteiger charge is 2.45. The number of hydrogen-bond donors (Lipinski definition) is 0. The average Bonchev–Trinajstić information content (AvgIpc) is 3.22. The van der Waals surface area contributed by atoms with Gasteiger partial charge in [-0.15, -0.1) is 0 Å². The molecule has 0 aromatic heterocycles. The number of nitrogens with zero attached hydrogens (tertiary/aromatic N) is 2. The molecule has 0 aliphatic carbocycles. The maximum Gasteiger partial charge on any atom is 0.260 e. The summed E-state index contributed by atoms with van der Waals surface area (Å²) < 4.78 is 56.8. The van der Waals surface area contributed by atoms with Crippen LogP contribution in [-0.2, 0) is 24.7 Å². The molecule has 34 heavy (non-hydrogen) atoms. The van der Waals surface area contributed by atoms with Crippen molar-refractivity contribution in [2.45, 2.75) is 36.0 Å². The van der Waals surface area contributed by atoms with Gasteiger partial charge in [0, 0.05) is 32.4 Å². The topological polar surface area (TPSA) is 101 Å². The minimum absolute atomic E-state index is 0.0121. The smallest absolute Gasteiger partial charge is 0.260 e. The Morgan fingerprint density at radius 3 is 2.12 bits per heavy atom. The minimum Gasteiger partial charge on any atom is -0.484 e. The second kappa shape index (κ2) is 9.31. The molecule has 0 N–H and O–H groups in total. The molecule has 0 atom stereocenters. The Balaban J connectivity index is 1.34. The lowest BCUT2D eigenvalue weighted by molar-refractivity contribution is -0.135. The van der Waals surface area contributed by atoms with Gasteiger partial charge in [-0.1, -0.05) is 18.2 Å². The molecule has 184 valence electrons. The van der Waals surface area contributed by atoms with Crippen LogP contribution >= 0.6 is 0 Å². The summed E-state index contributed by atoms with van der Waals surface area (Å²) >= 11 is 0. The number of rotatable bonds is 6. The molecule has 10 heteroatoms. The SMILES string of the molecule is Cc1ccccc1OCC(=O)N1CCC2(CC1)CCN(S(=O)(=O)c1ccc(S(C)(=O)=O)cc1)C2. The molecular formula is C24H30N2O6S2. The summed E-state index contributed by atoms with van der Waals surface area (Å²) in [4.78, 5) is 14.6. The zero-order valence-corrected chi connectivity index (χ0v) is 21.1. The summed E-state index contributed by atoms with van der Waals surface area (Å²) in [5.41, 5.74) is 0.832. The zero-order chi connectivity index (χ0) is 24.6. The van der Waals surface area contributed by atoms with Gasteiger partial charge in [0.05, 0.1) is 9.79 Å². The minimum atomic E-state index is -3.71. The molecule has 1 spiro atoms. The predicted molar refractivity (Wildman–Crippen MR) is 128 cm³/mol. The molecule has 2 aliphatic rings. The van der Waals surface area contributed by atoms with Gasteiger partial charge in [0.1, 0.15) is 5.75 Å². The van der Waals surface area contributed by atoms with Crippen LogP contribution in [0.5, 0.6) is 5.75 Å². The van der Waals surface area contributed by atoms with E-state index in [0.29, 0.717) is 31.9 Å². The number of para-hydroxylation sites is 1. The third kappa shape index (κ3) is 5.13. The Kier molecular flexibility index (Phi) is 6.76. The third-order valence-corrected chi connectivity index (χ3v) is 9.90. The Bertz CT molecular complexity index is 1260. The highest BCUT2D eigenvalue weighted by molar-refractivity contribution is 7.90. The Hall–Kier alpha value is -2.43. The number of sulfonamides is 1. The summed E-state index contributed by atoms with van der Waals surface area (Å²) in [6.45, 7) is 3.90. The van der Waals surface area contributed by atoms with Crippen LogP contribution in [0.4, 0.5) is 0 Å². The third-order valence-electron chi connectivity index (χ3n) is 6.91. The monoisotopic (exact) mass is 506 g/mol. The summed E-state index contributed by atoms with van der Waals surface area (Å²) in [5.74, 6) is 0.636. The molecular weight excluding hydrogens is 476 g/mol. The van der Waals surface area contributed by atoms with E-state index in [0.717, 1.165) is 31.1 Å². The molecule has 2 aromatic rings. The van der Waals surface area contributed by atoms with Gasteiger partial charge >= 0.3 is 0 Å². The van der Waals surface area contributed by atoms with Crippen LogP contribution in [0.2, 0.25) is 0 Å². The van der Waals surface area contributed by atoms with E-state index in [4.69, 9.17) is 4.74 Å². The van der Waals surface area contributed by atoms with Crippen molar-refractivity contribution in [3.63, 3.8) is 0 Å². The van der Waals surface area contributed by atoms with Crippen molar-refractivity contribution in [2.75, 3.05) is 39.0 Å². The maximum absolute atomic E-state index is 13.1. The second-order valence-corrected chi connectivity index (χ2v) is 13.2. The van der Waals surface area contributed by atoms with E-state index in [9.17, 15) is 21.6 Å². The molecule has 2 aromatic carbocycles. The molecule has 2 saturated heterocycles. The quantitative estimate of drug-likeness (QED) is 0.597. The summed E-state index contributed by atoms with van der Waals surface area (Å²) in [5, 5.41) is 0. The van der Waals surface area contributed by atoms with Gasteiger partial charge in [-0.2, -0.15) is 4.31 Å². The largest absolute Gasteiger partial charge is 0.484 e. The number of carbonyl (C=O) groups excluding carboxylic acids is 1. The molecule has 0 saturated carbocycles. The fraction of sp³-hybridized carbons (Fsp3) is 0.458. The first-order valence-electron chi connectivity index (χ1n) is 11.3. The lowest BCUT2D eigenvalue weighted by atomic mass is 9.78. The molecule has 0 radical (unpaired) electrons. The van der Waals surface area contributed by atoms with Gasteiger partial charge in [-0.3, -0.25) is 4.79 Å². The van der Waals surface area contributed by atoms with E-state index >= 15 is 0 Å². The molecule has 2 fully saturated rings. The van der Waals surface area contributed by atoms with Crippen molar-refractivity contribution >= 4 is 25.8 Å². The Morgan fingerprint density at radius 2 is 1.50 bits per heavy atom. The fourth-order valence-electron chi connectivity index (χ4n) is 4.69. The van der Waals surface area contributed by atoms with Crippen LogP contribution < -0.4 is 4.74 Å². The molecule has 8 nitrogen and oxygen atoms in total. The van der Waals surface area contributed by atoms with Crippen LogP contribution in [-0.4, -0.2) is 71.0 Å². The maximum atomic E-state index is 13.1. The van der Waals surface area contributed by atoms with Crippen molar-refractivity contribution < 1.29 is 26.4 Å². The number of aryl methyl sites for hydroxylation is 1. The van der Waals surface area contributed by atoms with Crippen LogP contribution in [0.1, 0.15) is 24.8 Å². The number of hydrogen-bond acceptors (Lipinski definition) is 6. The average molecular weight is 507 g/mol. The summed E-state index contributed by atoms with van der Waals surface area (Å²) in [6.07, 6.45) is 3.31. The number of ether oxygens (including phenoxy) is 1. The Labute approximate surface area is 201 Å². The normalized spacial score (nSPS) is 18.8. The van der Waals surface area contributed by atoms with E-state index < -0.39 is 19.9 Å². The summed E-state index contributed by atoms with van der Waals surface area (Å²) in [6, 6.07) is 12.9. The Morgan fingerprint density at radius 1 is 0.912 bits per heavy atom. The predicted octanol–water partition coefficient (Wildman–Crippen LogP) is 2.48. The van der Waals surface area contributed by atoms with Crippen LogP contribution in [0.25, 0.3) is 0 Å². The van der Waals surface area contributed by atoms with Gasteiger partial charge in [-0.05, 0) is 67.5 Å². The van der Waals surface area contributed by atoms with E-state index in [2.05, 4.69) is 0 Å². The number of amides is 1. The standard InChI is InChI=1S/C24H30N2O6S2/c1-19-5-3-4-6-22(19)32-17-23(27)25-14-11-24(12-15-25)13-16-26(18-24)34(30,31)21-9-7-20(8-10-21)33(2,28)29/h3-10H,11-18H2,1-2H3. The number of likely N-dealkylation sites (tertiary alicyclic amines) is 1. The van der Waals surface area contributed by atoms with Gasteiger partial charge in [-0.25, -0.2) is 16.8 Å². The van der Waals surface area contributed by atoms with E-state index in [1.54, 1.807) is 4.90 Å². The van der Waals surface area contributed by atoms with E-state index in [-0.39, 0.29) is 27.7 Å². The van der Waals surface area contributed by atoms with Gasteiger partial charge in [0.2, 0.25) is 10.0 Å². The first-order chi connectivity index (χ1) is 16.0. The van der Waals surface area contributed by atoms with Crippen LogP contribution in [0.15, 0.2) is 58.3 Å². The molecule has 2 aliphatic heterocycles. The zero-order valence-electron chi connectivity index (χ0n) is 19.4. The highest BCUT2D eigenvalue weighted by atomic mass is 32.2. The first kappa shape index (κ1) is 24.7. The lowest BCUT2D eigenvalue weighted by Gasteiger charge is -2.39. The van der Waals surface area contributed by atoms with E-state index in [1.165, 1.54) is 28.6 Å². The molecule has 0 bridgehead atoms. The van der Waals surface area contributed by atoms with Crippen molar-refractivity contribution in [3.8, 4) is 5.75 Å². The van der Waals surface area contributed by atoms with Crippen molar-refractivity contribution in [1.82, 2.24) is 9.21 Å². The number of sulfone groups is 1. The molecule has 0 unspecified atom stereocenters. The van der Waals surface area contributed by atoms with Gasteiger partial charge < -0.3 is 9.64 Å². The fourth-order valence-corrected chi connectivity index (χ4v) is 6.88. The van der Waals surface area contributed by atoms with Crippen molar-refractivity contribution in [1.29, 1.82) is 0 Å². The molecule has 4 rings (SSSR count). The van der Waals surface area contributed by atoms with Crippen LogP contribution in [0.3, 0.4) is 0 Å². The van der Waals surface area contributed by atoms with E-state index in [1.807, 2.05) is 31.2 Å². The number of benzene rings is 2. The lowest BCUT2D eigenvalue weighted by Crippen LogP contribution is -2.46. The van der Waals surface area contributed by atoms with Crippen molar-refractivity contribution in [2.24, 2.45) is 5.41 Å². The van der Waals surface area contributed by atoms with Gasteiger partial charge in [0.25, 0.3) is 5.91 Å². The first-order valence-corrected chi connectivity index (χ1v) is 14.6. The molecule has 2 heterocycles. The van der Waals surface area contributed by atoms with Gasteiger partial charge in [0.15, 0.2) is 16.4 Å². The number of piperidine rings is 1. The molecule has 1 amide bonds. The second-order valence-electron chi connectivity index (χ2n) is 9.27. The highest BCUT2D eigenvalue weighted by Crippen LogP contribution is 2.42. The van der Waals surface area contributed by atoms with Crippen LogP contribution in [0, 0.1) is 12.3 Å². The van der Waals surface area contributed by atoms with Crippen molar-refractivity contribution in [3.05, 3.63) is 54.1 Å². The number of carbonyl (C=O) groups is 1. The summed E-state index contributed by atoms with van der Waals surface area (Å²) in [7, 11) is -7.10.